The molecule has 2 rings (SSSR count). The Morgan fingerprint density at radius 1 is 1.60 bits per heavy atom. The maximum absolute atomic E-state index is 9.45. The van der Waals surface area contributed by atoms with Crippen LogP contribution in [0, 0.1) is 0 Å². The Labute approximate surface area is 89.2 Å². The highest BCUT2D eigenvalue weighted by Gasteiger charge is 2.21. The van der Waals surface area contributed by atoms with Crippen molar-refractivity contribution in [3.05, 3.63) is 23.9 Å². The second kappa shape index (κ2) is 4.16. The van der Waals surface area contributed by atoms with Crippen LogP contribution in [-0.2, 0) is 0 Å². The Bertz CT molecular complexity index is 341. The second-order valence-corrected chi connectivity index (χ2v) is 4.01. The van der Waals surface area contributed by atoms with E-state index in [1.807, 2.05) is 11.0 Å². The zero-order valence-electron chi connectivity index (χ0n) is 8.80. The number of β-amino-alcohol motifs (C(OH)–C–C–N with tert-alkyl or cyclic N) is 1. The van der Waals surface area contributed by atoms with Gasteiger partial charge in [-0.05, 0) is 31.0 Å². The molecule has 0 spiro atoms. The molecule has 4 heteroatoms. The molecule has 1 saturated heterocycles. The number of aliphatic hydroxyl groups is 2. The fourth-order valence-corrected chi connectivity index (χ4v) is 1.82. The number of hydrogen-bond acceptors (Lipinski definition) is 4. The Morgan fingerprint density at radius 2 is 2.40 bits per heavy atom. The molecule has 1 aliphatic heterocycles. The van der Waals surface area contributed by atoms with Gasteiger partial charge in [0.2, 0.25) is 0 Å². The summed E-state index contributed by atoms with van der Waals surface area (Å²) in [6.07, 6.45) is 1.77. The molecule has 15 heavy (non-hydrogen) atoms. The van der Waals surface area contributed by atoms with Crippen LogP contribution in [0.2, 0.25) is 0 Å². The Balaban J connectivity index is 2.18. The molecule has 2 heterocycles. The fraction of sp³-hybridized carbons (Fsp3) is 0.545. The van der Waals surface area contributed by atoms with Crippen molar-refractivity contribution in [2.24, 2.45) is 0 Å². The number of nitrogens with zero attached hydrogens (tertiary/aromatic N) is 2. The van der Waals surface area contributed by atoms with Crippen molar-refractivity contribution >= 4 is 5.82 Å². The summed E-state index contributed by atoms with van der Waals surface area (Å²) in [5.41, 5.74) is 0.862. The van der Waals surface area contributed by atoms with Crippen molar-refractivity contribution in [2.75, 3.05) is 18.0 Å². The molecule has 1 unspecified atom stereocenters. The van der Waals surface area contributed by atoms with Crippen molar-refractivity contribution in [3.63, 3.8) is 0 Å². The minimum atomic E-state index is -0.473. The molecule has 82 valence electrons. The van der Waals surface area contributed by atoms with Crippen molar-refractivity contribution in [3.8, 4) is 0 Å². The van der Waals surface area contributed by atoms with Gasteiger partial charge in [-0.15, -0.1) is 0 Å². The lowest BCUT2D eigenvalue weighted by molar-refractivity contribution is 0.198. The van der Waals surface area contributed by atoms with Gasteiger partial charge >= 0.3 is 0 Å². The van der Waals surface area contributed by atoms with Gasteiger partial charge in [0.1, 0.15) is 5.82 Å². The minimum absolute atomic E-state index is 0.248. The summed E-state index contributed by atoms with van der Waals surface area (Å²) in [7, 11) is 0. The van der Waals surface area contributed by atoms with Gasteiger partial charge in [0, 0.05) is 19.3 Å². The summed E-state index contributed by atoms with van der Waals surface area (Å²) in [6.45, 7) is 3.20. The molecule has 1 aromatic rings. The smallest absolute Gasteiger partial charge is 0.128 e. The third-order valence-corrected chi connectivity index (χ3v) is 2.74. The maximum Gasteiger partial charge on any atom is 0.128 e. The molecule has 1 aromatic heterocycles. The summed E-state index contributed by atoms with van der Waals surface area (Å²) in [5.74, 6) is 0.838. The summed E-state index contributed by atoms with van der Waals surface area (Å²) in [6, 6.07) is 3.68. The van der Waals surface area contributed by atoms with Gasteiger partial charge in [-0.2, -0.15) is 0 Å². The zero-order valence-corrected chi connectivity index (χ0v) is 8.80. The molecule has 2 atom stereocenters. The highest BCUT2D eigenvalue weighted by molar-refractivity contribution is 5.42. The molecule has 1 fully saturated rings. The van der Waals surface area contributed by atoms with E-state index in [1.165, 1.54) is 0 Å². The Kier molecular flexibility index (Phi) is 2.88. The van der Waals surface area contributed by atoms with E-state index >= 15 is 0 Å². The first kappa shape index (κ1) is 10.4. The number of hydrogen-bond donors (Lipinski definition) is 2. The number of aromatic nitrogens is 1. The first-order valence-corrected chi connectivity index (χ1v) is 5.24. The van der Waals surface area contributed by atoms with E-state index in [1.54, 1.807) is 19.2 Å². The average molecular weight is 208 g/mol. The SMILES string of the molecule is C[C@@H](O)c1ccnc(N2CCC(O)C2)c1. The normalized spacial score (nSPS) is 23.1. The molecule has 4 nitrogen and oxygen atoms in total. The van der Waals surface area contributed by atoms with Gasteiger partial charge < -0.3 is 15.1 Å². The maximum atomic E-state index is 9.45. The minimum Gasteiger partial charge on any atom is -0.391 e. The Morgan fingerprint density at radius 3 is 3.00 bits per heavy atom. The summed E-state index contributed by atoms with van der Waals surface area (Å²) < 4.78 is 0. The first-order valence-electron chi connectivity index (χ1n) is 5.24. The highest BCUT2D eigenvalue weighted by Crippen LogP contribution is 2.21. The lowest BCUT2D eigenvalue weighted by Crippen LogP contribution is -2.22. The average Bonchev–Trinajstić information content (AvgIpc) is 2.65. The third kappa shape index (κ3) is 2.27. The van der Waals surface area contributed by atoms with Gasteiger partial charge in [0.15, 0.2) is 0 Å². The van der Waals surface area contributed by atoms with Crippen LogP contribution in [0.15, 0.2) is 18.3 Å². The lowest BCUT2D eigenvalue weighted by atomic mass is 10.2. The molecule has 0 aliphatic carbocycles. The largest absolute Gasteiger partial charge is 0.391 e. The summed E-state index contributed by atoms with van der Waals surface area (Å²) >= 11 is 0. The number of pyridine rings is 1. The lowest BCUT2D eigenvalue weighted by Gasteiger charge is -2.17. The molecular formula is C11H16N2O2. The van der Waals surface area contributed by atoms with Crippen molar-refractivity contribution in [1.29, 1.82) is 0 Å². The van der Waals surface area contributed by atoms with E-state index < -0.39 is 6.10 Å². The molecule has 2 N–H and O–H groups in total. The third-order valence-electron chi connectivity index (χ3n) is 2.74. The van der Waals surface area contributed by atoms with E-state index in [0.717, 1.165) is 24.3 Å². The van der Waals surface area contributed by atoms with Crippen molar-refractivity contribution in [2.45, 2.75) is 25.6 Å². The van der Waals surface area contributed by atoms with Crippen molar-refractivity contribution in [1.82, 2.24) is 4.98 Å². The monoisotopic (exact) mass is 208 g/mol. The van der Waals surface area contributed by atoms with E-state index in [0.29, 0.717) is 6.54 Å². The predicted octanol–water partition coefficient (Wildman–Crippen LogP) is 0.706. The van der Waals surface area contributed by atoms with Gasteiger partial charge in [0.05, 0.1) is 12.2 Å². The Hall–Kier alpha value is -1.13. The van der Waals surface area contributed by atoms with E-state index in [4.69, 9.17) is 0 Å². The molecule has 0 saturated carbocycles. The van der Waals surface area contributed by atoms with Crippen LogP contribution in [0.3, 0.4) is 0 Å². The van der Waals surface area contributed by atoms with Gasteiger partial charge in [-0.25, -0.2) is 4.98 Å². The molecule has 0 amide bonds. The molecule has 0 radical (unpaired) electrons. The molecule has 1 aliphatic rings. The topological polar surface area (TPSA) is 56.6 Å². The van der Waals surface area contributed by atoms with Crippen LogP contribution < -0.4 is 4.90 Å². The van der Waals surface area contributed by atoms with E-state index in [-0.39, 0.29) is 6.10 Å². The van der Waals surface area contributed by atoms with E-state index in [2.05, 4.69) is 4.98 Å². The quantitative estimate of drug-likeness (QED) is 0.751. The summed E-state index contributed by atoms with van der Waals surface area (Å²) in [5, 5.41) is 18.9. The fourth-order valence-electron chi connectivity index (χ4n) is 1.82. The molecule has 0 bridgehead atoms. The molecular weight excluding hydrogens is 192 g/mol. The zero-order chi connectivity index (χ0) is 10.8. The standard InChI is InChI=1S/C11H16N2O2/c1-8(14)9-2-4-12-11(6-9)13-5-3-10(15)7-13/h2,4,6,8,10,14-15H,3,5,7H2,1H3/t8-,10?/m1/s1. The number of anilines is 1. The summed E-state index contributed by atoms with van der Waals surface area (Å²) in [4.78, 5) is 6.28. The molecule has 0 aromatic carbocycles. The first-order chi connectivity index (χ1) is 7.16. The van der Waals surface area contributed by atoms with Crippen LogP contribution in [0.4, 0.5) is 5.82 Å². The van der Waals surface area contributed by atoms with E-state index in [9.17, 15) is 10.2 Å². The number of aliphatic hydroxyl groups excluding tert-OH is 2. The van der Waals surface area contributed by atoms with Gasteiger partial charge in [0.25, 0.3) is 0 Å². The van der Waals surface area contributed by atoms with Crippen molar-refractivity contribution < 1.29 is 10.2 Å². The predicted molar refractivity (Wildman–Crippen MR) is 57.7 cm³/mol. The van der Waals surface area contributed by atoms with Crippen LogP contribution in [0.1, 0.15) is 25.0 Å². The van der Waals surface area contributed by atoms with Gasteiger partial charge in [-0.1, -0.05) is 0 Å². The second-order valence-electron chi connectivity index (χ2n) is 4.01. The van der Waals surface area contributed by atoms with Crippen LogP contribution in [0.5, 0.6) is 0 Å². The van der Waals surface area contributed by atoms with Crippen LogP contribution >= 0.6 is 0 Å². The highest BCUT2D eigenvalue weighted by atomic mass is 16.3. The number of rotatable bonds is 2. The van der Waals surface area contributed by atoms with Crippen LogP contribution in [0.25, 0.3) is 0 Å². The van der Waals surface area contributed by atoms with Crippen LogP contribution in [-0.4, -0.2) is 34.4 Å². The van der Waals surface area contributed by atoms with Gasteiger partial charge in [-0.3, -0.25) is 0 Å².